The van der Waals surface area contributed by atoms with Crippen molar-refractivity contribution in [3.63, 3.8) is 0 Å². The Bertz CT molecular complexity index is 238. The fraction of sp³-hybridized carbons (Fsp3) is 0.923. The Balaban J connectivity index is 2.51. The van der Waals surface area contributed by atoms with Gasteiger partial charge in [-0.2, -0.15) is 0 Å². The van der Waals surface area contributed by atoms with Gasteiger partial charge in [-0.3, -0.25) is 4.79 Å². The SMILES string of the molecule is CCCCCC(=O)N1CC(N)CCC1(C)C. The van der Waals surface area contributed by atoms with E-state index in [2.05, 4.69) is 20.8 Å². The summed E-state index contributed by atoms with van der Waals surface area (Å²) in [5.41, 5.74) is 5.94. The van der Waals surface area contributed by atoms with Crippen molar-refractivity contribution in [3.8, 4) is 0 Å². The summed E-state index contributed by atoms with van der Waals surface area (Å²) >= 11 is 0. The van der Waals surface area contributed by atoms with Crippen LogP contribution in [-0.2, 0) is 4.79 Å². The van der Waals surface area contributed by atoms with Crippen LogP contribution in [-0.4, -0.2) is 28.9 Å². The molecule has 0 aromatic rings. The van der Waals surface area contributed by atoms with Gasteiger partial charge >= 0.3 is 0 Å². The minimum absolute atomic E-state index is 0.000825. The second-order valence-electron chi connectivity index (χ2n) is 5.57. The highest BCUT2D eigenvalue weighted by atomic mass is 16.2. The molecule has 0 aromatic heterocycles. The summed E-state index contributed by atoms with van der Waals surface area (Å²) in [5, 5.41) is 0. The van der Waals surface area contributed by atoms with E-state index in [1.807, 2.05) is 4.90 Å². The zero-order valence-corrected chi connectivity index (χ0v) is 11.0. The van der Waals surface area contributed by atoms with E-state index in [9.17, 15) is 4.79 Å². The summed E-state index contributed by atoms with van der Waals surface area (Å²) in [5.74, 6) is 0.286. The quantitative estimate of drug-likeness (QED) is 0.748. The van der Waals surface area contributed by atoms with Crippen molar-refractivity contribution in [3.05, 3.63) is 0 Å². The average Bonchev–Trinajstić information content (AvgIpc) is 2.22. The van der Waals surface area contributed by atoms with E-state index in [1.54, 1.807) is 0 Å². The number of hydrogen-bond acceptors (Lipinski definition) is 2. The molecule has 3 nitrogen and oxygen atoms in total. The maximum absolute atomic E-state index is 12.1. The normalized spacial score (nSPS) is 24.5. The molecule has 1 saturated heterocycles. The number of nitrogens with two attached hydrogens (primary N) is 1. The first-order valence-electron chi connectivity index (χ1n) is 6.53. The van der Waals surface area contributed by atoms with Gasteiger partial charge in [0.2, 0.25) is 5.91 Å². The van der Waals surface area contributed by atoms with Crippen LogP contribution in [0.2, 0.25) is 0 Å². The molecule has 0 spiro atoms. The predicted molar refractivity (Wildman–Crippen MR) is 67.1 cm³/mol. The van der Waals surface area contributed by atoms with Crippen LogP contribution >= 0.6 is 0 Å². The van der Waals surface area contributed by atoms with Crippen molar-refractivity contribution in [1.82, 2.24) is 4.90 Å². The van der Waals surface area contributed by atoms with E-state index in [0.717, 1.165) is 38.6 Å². The van der Waals surface area contributed by atoms with Crippen LogP contribution in [0.5, 0.6) is 0 Å². The van der Waals surface area contributed by atoms with Crippen LogP contribution in [0.15, 0.2) is 0 Å². The molecule has 2 N–H and O–H groups in total. The van der Waals surface area contributed by atoms with E-state index in [1.165, 1.54) is 0 Å². The Hall–Kier alpha value is -0.570. The third-order valence-electron chi connectivity index (χ3n) is 3.57. The van der Waals surface area contributed by atoms with Gasteiger partial charge in [0.1, 0.15) is 0 Å². The van der Waals surface area contributed by atoms with E-state index in [-0.39, 0.29) is 17.5 Å². The number of carbonyl (C=O) groups excluding carboxylic acids is 1. The standard InChI is InChI=1S/C13H26N2O/c1-4-5-6-7-12(16)15-10-11(14)8-9-13(15,2)3/h11H,4-10,14H2,1-3H3. The summed E-state index contributed by atoms with van der Waals surface area (Å²) < 4.78 is 0. The van der Waals surface area contributed by atoms with Crippen LogP contribution < -0.4 is 5.73 Å². The summed E-state index contributed by atoms with van der Waals surface area (Å²) in [7, 11) is 0. The number of carbonyl (C=O) groups is 1. The highest BCUT2D eigenvalue weighted by Gasteiger charge is 2.35. The first-order valence-corrected chi connectivity index (χ1v) is 6.53. The molecule has 1 unspecified atom stereocenters. The van der Waals surface area contributed by atoms with Crippen molar-refractivity contribution in [1.29, 1.82) is 0 Å². The van der Waals surface area contributed by atoms with E-state index in [4.69, 9.17) is 5.73 Å². The fourth-order valence-corrected chi connectivity index (χ4v) is 2.35. The highest BCUT2D eigenvalue weighted by Crippen LogP contribution is 2.27. The van der Waals surface area contributed by atoms with Gasteiger partial charge in [0, 0.05) is 24.5 Å². The second kappa shape index (κ2) is 5.67. The predicted octanol–water partition coefficient (Wildman–Crippen LogP) is 2.29. The first-order chi connectivity index (χ1) is 7.47. The van der Waals surface area contributed by atoms with Gasteiger partial charge in [-0.1, -0.05) is 19.8 Å². The van der Waals surface area contributed by atoms with Crippen molar-refractivity contribution in [2.24, 2.45) is 5.73 Å². The summed E-state index contributed by atoms with van der Waals surface area (Å²) in [4.78, 5) is 14.1. The molecule has 0 radical (unpaired) electrons. The number of unbranched alkanes of at least 4 members (excludes halogenated alkanes) is 2. The van der Waals surface area contributed by atoms with E-state index >= 15 is 0 Å². The van der Waals surface area contributed by atoms with Gasteiger partial charge in [-0.05, 0) is 33.1 Å². The second-order valence-corrected chi connectivity index (χ2v) is 5.57. The zero-order chi connectivity index (χ0) is 12.2. The maximum Gasteiger partial charge on any atom is 0.223 e. The number of rotatable bonds is 4. The summed E-state index contributed by atoms with van der Waals surface area (Å²) in [6, 6.07) is 0.170. The van der Waals surface area contributed by atoms with Crippen molar-refractivity contribution in [2.45, 2.75) is 70.9 Å². The lowest BCUT2D eigenvalue weighted by atomic mass is 9.88. The number of hydrogen-bond donors (Lipinski definition) is 1. The topological polar surface area (TPSA) is 46.3 Å². The average molecular weight is 226 g/mol. The Morgan fingerprint density at radius 2 is 2.12 bits per heavy atom. The smallest absolute Gasteiger partial charge is 0.223 e. The van der Waals surface area contributed by atoms with Crippen LogP contribution in [0, 0.1) is 0 Å². The van der Waals surface area contributed by atoms with Crippen molar-refractivity contribution in [2.75, 3.05) is 6.54 Å². The van der Waals surface area contributed by atoms with Gasteiger partial charge in [0.15, 0.2) is 0 Å². The molecule has 1 rings (SSSR count). The van der Waals surface area contributed by atoms with Gasteiger partial charge in [-0.25, -0.2) is 0 Å². The Labute approximate surface area is 99.4 Å². The maximum atomic E-state index is 12.1. The lowest BCUT2D eigenvalue weighted by Gasteiger charge is -2.45. The fourth-order valence-electron chi connectivity index (χ4n) is 2.35. The summed E-state index contributed by atoms with van der Waals surface area (Å²) in [6.45, 7) is 7.19. The van der Waals surface area contributed by atoms with Crippen LogP contribution in [0.1, 0.15) is 59.3 Å². The van der Waals surface area contributed by atoms with Crippen molar-refractivity contribution < 1.29 is 4.79 Å². The molecule has 0 saturated carbocycles. The number of likely N-dealkylation sites (tertiary alicyclic amines) is 1. The molecule has 1 aliphatic heterocycles. The van der Waals surface area contributed by atoms with Crippen LogP contribution in [0.25, 0.3) is 0 Å². The zero-order valence-electron chi connectivity index (χ0n) is 11.0. The molecule has 16 heavy (non-hydrogen) atoms. The molecule has 0 bridgehead atoms. The molecular formula is C13H26N2O. The lowest BCUT2D eigenvalue weighted by Crippen LogP contribution is -2.56. The molecule has 1 fully saturated rings. The summed E-state index contributed by atoms with van der Waals surface area (Å²) in [6.07, 6.45) is 6.06. The van der Waals surface area contributed by atoms with Crippen LogP contribution in [0.4, 0.5) is 0 Å². The van der Waals surface area contributed by atoms with E-state index in [0.29, 0.717) is 6.42 Å². The monoisotopic (exact) mass is 226 g/mol. The molecule has 1 atom stereocenters. The first kappa shape index (κ1) is 13.5. The highest BCUT2D eigenvalue weighted by molar-refractivity contribution is 5.77. The largest absolute Gasteiger partial charge is 0.336 e. The molecule has 1 heterocycles. The van der Waals surface area contributed by atoms with E-state index < -0.39 is 0 Å². The molecule has 1 aliphatic rings. The van der Waals surface area contributed by atoms with Crippen LogP contribution in [0.3, 0.4) is 0 Å². The molecule has 0 aliphatic carbocycles. The molecular weight excluding hydrogens is 200 g/mol. The minimum atomic E-state index is -0.000825. The third kappa shape index (κ3) is 3.48. The van der Waals surface area contributed by atoms with Crippen molar-refractivity contribution >= 4 is 5.91 Å². The molecule has 1 amide bonds. The molecule has 94 valence electrons. The van der Waals surface area contributed by atoms with Gasteiger partial charge < -0.3 is 10.6 Å². The number of nitrogens with zero attached hydrogens (tertiary/aromatic N) is 1. The Morgan fingerprint density at radius 1 is 1.44 bits per heavy atom. The van der Waals surface area contributed by atoms with Gasteiger partial charge in [-0.15, -0.1) is 0 Å². The lowest BCUT2D eigenvalue weighted by molar-refractivity contribution is -0.139. The van der Waals surface area contributed by atoms with Gasteiger partial charge in [0.05, 0.1) is 0 Å². The molecule has 0 aromatic carbocycles. The minimum Gasteiger partial charge on any atom is -0.336 e. The number of piperidine rings is 1. The Morgan fingerprint density at radius 3 is 2.75 bits per heavy atom. The third-order valence-corrected chi connectivity index (χ3v) is 3.57. The Kier molecular flexibility index (Phi) is 4.78. The molecule has 3 heteroatoms. The number of amides is 1. The van der Waals surface area contributed by atoms with Gasteiger partial charge in [0.25, 0.3) is 0 Å².